The first-order valence-corrected chi connectivity index (χ1v) is 4.31. The molecule has 0 fully saturated rings. The summed E-state index contributed by atoms with van der Waals surface area (Å²) in [7, 11) is 0. The van der Waals surface area contributed by atoms with Crippen LogP contribution in [0.25, 0.3) is 0 Å². The second-order valence-electron chi connectivity index (χ2n) is 2.46. The Labute approximate surface area is 79.2 Å². The van der Waals surface area contributed by atoms with Crippen molar-refractivity contribution < 1.29 is 19.1 Å². The Kier molecular flexibility index (Phi) is 12.2. The van der Waals surface area contributed by atoms with E-state index >= 15 is 0 Å². The maximum Gasteiger partial charge on any atom is 0.308 e. The molecular formula is C9H18O4. The smallest absolute Gasteiger partial charge is 0.308 e. The van der Waals surface area contributed by atoms with Crippen LogP contribution in [0.2, 0.25) is 0 Å². The molecule has 0 aliphatic carbocycles. The van der Waals surface area contributed by atoms with Gasteiger partial charge in [-0.1, -0.05) is 13.8 Å². The van der Waals surface area contributed by atoms with Crippen molar-refractivity contribution in [2.75, 3.05) is 13.2 Å². The van der Waals surface area contributed by atoms with Gasteiger partial charge < -0.3 is 9.47 Å². The van der Waals surface area contributed by atoms with Crippen molar-refractivity contribution in [1.82, 2.24) is 0 Å². The van der Waals surface area contributed by atoms with Gasteiger partial charge in [-0.25, -0.2) is 0 Å². The van der Waals surface area contributed by atoms with E-state index in [0.29, 0.717) is 19.7 Å². The number of esters is 1. The standard InChI is InChI=1S/C6H12O2.C3H6O2/c1-4-8-6(7)5(2)3;1-2-5-3-4/h5H,4H2,1-3H3;3H,2H2,1H3. The summed E-state index contributed by atoms with van der Waals surface area (Å²) in [6, 6.07) is 0. The SMILES string of the molecule is CCOC(=O)C(C)C.CCOC=O. The van der Waals surface area contributed by atoms with E-state index in [1.165, 1.54) is 0 Å². The lowest BCUT2D eigenvalue weighted by molar-refractivity contribution is -0.146. The summed E-state index contributed by atoms with van der Waals surface area (Å²) in [5.74, 6) is -0.109. The first kappa shape index (κ1) is 14.5. The summed E-state index contributed by atoms with van der Waals surface area (Å²) in [5, 5.41) is 0. The highest BCUT2D eigenvalue weighted by atomic mass is 16.5. The van der Waals surface area contributed by atoms with Crippen LogP contribution in [-0.4, -0.2) is 25.7 Å². The van der Waals surface area contributed by atoms with Crippen molar-refractivity contribution in [1.29, 1.82) is 0 Å². The molecule has 0 heterocycles. The van der Waals surface area contributed by atoms with Crippen LogP contribution in [0.15, 0.2) is 0 Å². The molecule has 0 spiro atoms. The van der Waals surface area contributed by atoms with Gasteiger partial charge in [0, 0.05) is 0 Å². The van der Waals surface area contributed by atoms with Crippen LogP contribution in [-0.2, 0) is 19.1 Å². The van der Waals surface area contributed by atoms with Crippen LogP contribution in [0.3, 0.4) is 0 Å². The van der Waals surface area contributed by atoms with Gasteiger partial charge in [-0.2, -0.15) is 0 Å². The summed E-state index contributed by atoms with van der Waals surface area (Å²) < 4.78 is 8.82. The summed E-state index contributed by atoms with van der Waals surface area (Å²) in [6.07, 6.45) is 0. The highest BCUT2D eigenvalue weighted by Crippen LogP contribution is 1.93. The molecule has 0 aromatic heterocycles. The molecule has 0 aromatic carbocycles. The predicted octanol–water partition coefficient (Wildman–Crippen LogP) is 1.38. The Morgan fingerprint density at radius 2 is 1.85 bits per heavy atom. The Bertz CT molecular complexity index is 132. The molecule has 13 heavy (non-hydrogen) atoms. The van der Waals surface area contributed by atoms with Gasteiger partial charge in [0.25, 0.3) is 6.47 Å². The quantitative estimate of drug-likeness (QED) is 0.496. The predicted molar refractivity (Wildman–Crippen MR) is 49.2 cm³/mol. The molecule has 0 N–H and O–H groups in total. The van der Waals surface area contributed by atoms with E-state index < -0.39 is 0 Å². The van der Waals surface area contributed by atoms with Gasteiger partial charge in [0.15, 0.2) is 0 Å². The fourth-order valence-corrected chi connectivity index (χ4v) is 0.377. The minimum atomic E-state index is -0.118. The summed E-state index contributed by atoms with van der Waals surface area (Å²) in [6.45, 7) is 8.59. The monoisotopic (exact) mass is 190 g/mol. The maximum atomic E-state index is 10.5. The van der Waals surface area contributed by atoms with E-state index in [2.05, 4.69) is 9.47 Å². The molecule has 0 amide bonds. The minimum absolute atomic E-state index is 0.00921. The molecule has 0 aliphatic rings. The van der Waals surface area contributed by atoms with Crippen LogP contribution < -0.4 is 0 Å². The molecular weight excluding hydrogens is 172 g/mol. The molecule has 0 aromatic rings. The lowest BCUT2D eigenvalue weighted by atomic mass is 10.2. The zero-order valence-corrected chi connectivity index (χ0v) is 8.70. The first-order valence-electron chi connectivity index (χ1n) is 4.31. The summed E-state index contributed by atoms with van der Waals surface area (Å²) in [5.41, 5.74) is 0. The number of hydrogen-bond acceptors (Lipinski definition) is 4. The Morgan fingerprint density at radius 1 is 1.31 bits per heavy atom. The van der Waals surface area contributed by atoms with Gasteiger partial charge in [-0.15, -0.1) is 0 Å². The van der Waals surface area contributed by atoms with Crippen molar-refractivity contribution >= 4 is 12.4 Å². The molecule has 0 aliphatic heterocycles. The topological polar surface area (TPSA) is 52.6 Å². The molecule has 78 valence electrons. The highest BCUT2D eigenvalue weighted by molar-refractivity contribution is 5.71. The van der Waals surface area contributed by atoms with Gasteiger partial charge in [-0.3, -0.25) is 9.59 Å². The van der Waals surface area contributed by atoms with Crippen LogP contribution in [0.1, 0.15) is 27.7 Å². The third-order valence-electron chi connectivity index (χ3n) is 0.993. The van der Waals surface area contributed by atoms with E-state index in [1.54, 1.807) is 13.8 Å². The number of hydrogen-bond donors (Lipinski definition) is 0. The molecule has 0 atom stereocenters. The average Bonchev–Trinajstić information content (AvgIpc) is 2.07. The number of rotatable bonds is 4. The minimum Gasteiger partial charge on any atom is -0.468 e. The van der Waals surface area contributed by atoms with E-state index in [0.717, 1.165) is 0 Å². The van der Waals surface area contributed by atoms with Crippen LogP contribution in [0.4, 0.5) is 0 Å². The molecule has 0 unspecified atom stereocenters. The largest absolute Gasteiger partial charge is 0.468 e. The van der Waals surface area contributed by atoms with E-state index in [9.17, 15) is 9.59 Å². The van der Waals surface area contributed by atoms with Gasteiger partial charge in [0.05, 0.1) is 19.1 Å². The van der Waals surface area contributed by atoms with E-state index in [-0.39, 0.29) is 11.9 Å². The van der Waals surface area contributed by atoms with Crippen molar-refractivity contribution in [2.24, 2.45) is 5.92 Å². The molecule has 0 radical (unpaired) electrons. The molecule has 0 bridgehead atoms. The second-order valence-corrected chi connectivity index (χ2v) is 2.46. The van der Waals surface area contributed by atoms with Gasteiger partial charge >= 0.3 is 5.97 Å². The Morgan fingerprint density at radius 3 is 1.92 bits per heavy atom. The molecule has 0 rings (SSSR count). The van der Waals surface area contributed by atoms with Crippen molar-refractivity contribution in [3.8, 4) is 0 Å². The number of ether oxygens (including phenoxy) is 2. The lowest BCUT2D eigenvalue weighted by Crippen LogP contribution is -2.10. The zero-order chi connectivity index (χ0) is 10.7. The lowest BCUT2D eigenvalue weighted by Gasteiger charge is -2.01. The van der Waals surface area contributed by atoms with Crippen molar-refractivity contribution in [3.63, 3.8) is 0 Å². The third-order valence-corrected chi connectivity index (χ3v) is 0.993. The van der Waals surface area contributed by atoms with Gasteiger partial charge in [-0.05, 0) is 13.8 Å². The van der Waals surface area contributed by atoms with Gasteiger partial charge in [0.1, 0.15) is 0 Å². The highest BCUT2D eigenvalue weighted by Gasteiger charge is 2.04. The second kappa shape index (κ2) is 10.9. The van der Waals surface area contributed by atoms with E-state index in [1.807, 2.05) is 13.8 Å². The van der Waals surface area contributed by atoms with Crippen LogP contribution in [0.5, 0.6) is 0 Å². The van der Waals surface area contributed by atoms with Crippen LogP contribution >= 0.6 is 0 Å². The fourth-order valence-electron chi connectivity index (χ4n) is 0.377. The molecule has 4 nitrogen and oxygen atoms in total. The number of carbonyl (C=O) groups is 2. The Hall–Kier alpha value is -1.06. The third kappa shape index (κ3) is 13.9. The Balaban J connectivity index is 0. The molecule has 4 heteroatoms. The summed E-state index contributed by atoms with van der Waals surface area (Å²) in [4.78, 5) is 19.7. The van der Waals surface area contributed by atoms with Crippen molar-refractivity contribution in [2.45, 2.75) is 27.7 Å². The molecule has 0 saturated heterocycles. The van der Waals surface area contributed by atoms with E-state index in [4.69, 9.17) is 0 Å². The van der Waals surface area contributed by atoms with Gasteiger partial charge in [0.2, 0.25) is 0 Å². The van der Waals surface area contributed by atoms with Crippen molar-refractivity contribution in [3.05, 3.63) is 0 Å². The molecule has 0 saturated carbocycles. The fraction of sp³-hybridized carbons (Fsp3) is 0.778. The average molecular weight is 190 g/mol. The first-order chi connectivity index (χ1) is 6.09. The zero-order valence-electron chi connectivity index (χ0n) is 8.70. The van der Waals surface area contributed by atoms with Crippen LogP contribution in [0, 0.1) is 5.92 Å². The summed E-state index contributed by atoms with van der Waals surface area (Å²) >= 11 is 0. The normalized spacial score (nSPS) is 8.38. The maximum absolute atomic E-state index is 10.5. The number of carbonyl (C=O) groups excluding carboxylic acids is 2.